The van der Waals surface area contributed by atoms with Gasteiger partial charge in [-0.3, -0.25) is 4.79 Å². The molecule has 2 unspecified atom stereocenters. The molecule has 0 aliphatic carbocycles. The van der Waals surface area contributed by atoms with Crippen molar-refractivity contribution in [3.8, 4) is 0 Å². The summed E-state index contributed by atoms with van der Waals surface area (Å²) in [6.45, 7) is 8.28. The van der Waals surface area contributed by atoms with Crippen molar-refractivity contribution in [3.63, 3.8) is 0 Å². The number of rotatable bonds is 8. The molecule has 1 aliphatic rings. The van der Waals surface area contributed by atoms with E-state index >= 15 is 0 Å². The fourth-order valence-corrected chi connectivity index (χ4v) is 3.70. The third-order valence-corrected chi connectivity index (χ3v) is 5.50. The van der Waals surface area contributed by atoms with Crippen molar-refractivity contribution in [3.05, 3.63) is 35.9 Å². The van der Waals surface area contributed by atoms with Crippen LogP contribution in [0.5, 0.6) is 0 Å². The number of nitrogens with two attached hydrogens (primary N) is 1. The summed E-state index contributed by atoms with van der Waals surface area (Å²) in [7, 11) is 2.22. The molecule has 140 valence electrons. The maximum Gasteiger partial charge on any atom is 0.227 e. The highest BCUT2D eigenvalue weighted by Gasteiger charge is 2.29. The molecule has 1 aliphatic heterocycles. The molecule has 1 aromatic rings. The number of hydrogen-bond acceptors (Lipinski definition) is 3. The van der Waals surface area contributed by atoms with Crippen LogP contribution in [-0.4, -0.2) is 48.9 Å². The average molecular weight is 346 g/mol. The number of hydrogen-bond donors (Lipinski definition) is 1. The van der Waals surface area contributed by atoms with Gasteiger partial charge in [0.2, 0.25) is 5.91 Å². The van der Waals surface area contributed by atoms with Crippen molar-refractivity contribution in [2.24, 2.45) is 17.6 Å². The molecule has 1 fully saturated rings. The van der Waals surface area contributed by atoms with Gasteiger partial charge >= 0.3 is 0 Å². The second kappa shape index (κ2) is 9.93. The first-order valence-corrected chi connectivity index (χ1v) is 9.80. The van der Waals surface area contributed by atoms with Crippen molar-refractivity contribution in [1.29, 1.82) is 0 Å². The highest BCUT2D eigenvalue weighted by atomic mass is 16.2. The number of unbranched alkanes of at least 4 members (excludes halogenated alkanes) is 1. The first-order chi connectivity index (χ1) is 12.0. The van der Waals surface area contributed by atoms with Crippen molar-refractivity contribution in [2.75, 3.05) is 33.2 Å². The predicted molar refractivity (Wildman–Crippen MR) is 104 cm³/mol. The standard InChI is InChI=1S/C21H35N3O/c1-4-5-13-23(3)16-18-11-14-24(15-12-18)21(25)17(2)20(22)19-9-7-6-8-10-19/h6-10,17-18,20H,4-5,11-16,22H2,1-3H3. The molecule has 2 N–H and O–H groups in total. The zero-order valence-corrected chi connectivity index (χ0v) is 16.2. The largest absolute Gasteiger partial charge is 0.342 e. The Kier molecular flexibility index (Phi) is 7.91. The molecule has 1 aromatic carbocycles. The van der Waals surface area contributed by atoms with Gasteiger partial charge in [0.05, 0.1) is 5.92 Å². The third kappa shape index (κ3) is 5.82. The molecule has 4 heteroatoms. The van der Waals surface area contributed by atoms with Crippen LogP contribution in [0.2, 0.25) is 0 Å². The van der Waals surface area contributed by atoms with E-state index in [1.807, 2.05) is 42.2 Å². The van der Waals surface area contributed by atoms with E-state index in [1.165, 1.54) is 19.4 Å². The Labute approximate surface area is 153 Å². The van der Waals surface area contributed by atoms with Crippen LogP contribution in [0.25, 0.3) is 0 Å². The topological polar surface area (TPSA) is 49.6 Å². The van der Waals surface area contributed by atoms with Crippen LogP contribution in [0.15, 0.2) is 30.3 Å². The van der Waals surface area contributed by atoms with E-state index in [0.29, 0.717) is 5.92 Å². The Bertz CT molecular complexity index is 511. The number of carbonyl (C=O) groups excluding carboxylic acids is 1. The van der Waals surface area contributed by atoms with Crippen LogP contribution in [0, 0.1) is 11.8 Å². The summed E-state index contributed by atoms with van der Waals surface area (Å²) < 4.78 is 0. The minimum Gasteiger partial charge on any atom is -0.342 e. The number of piperidine rings is 1. The molecule has 1 amide bonds. The van der Waals surface area contributed by atoms with Gasteiger partial charge in [0.15, 0.2) is 0 Å². The fourth-order valence-electron chi connectivity index (χ4n) is 3.70. The minimum atomic E-state index is -0.230. The molecular weight excluding hydrogens is 310 g/mol. The highest BCUT2D eigenvalue weighted by molar-refractivity contribution is 5.79. The van der Waals surface area contributed by atoms with Gasteiger partial charge in [-0.05, 0) is 44.3 Å². The SMILES string of the molecule is CCCCN(C)CC1CCN(C(=O)C(C)C(N)c2ccccc2)CC1. The normalized spacial score (nSPS) is 18.4. The van der Waals surface area contributed by atoms with Gasteiger partial charge in [-0.25, -0.2) is 0 Å². The molecule has 4 nitrogen and oxygen atoms in total. The molecule has 0 aromatic heterocycles. The monoisotopic (exact) mass is 345 g/mol. The lowest BCUT2D eigenvalue weighted by Crippen LogP contribution is -2.45. The Morgan fingerprint density at radius 3 is 2.52 bits per heavy atom. The first kappa shape index (κ1) is 19.9. The van der Waals surface area contributed by atoms with Crippen LogP contribution in [-0.2, 0) is 4.79 Å². The lowest BCUT2D eigenvalue weighted by atomic mass is 9.91. The molecule has 0 radical (unpaired) electrons. The summed E-state index contributed by atoms with van der Waals surface area (Å²) in [6.07, 6.45) is 4.73. The van der Waals surface area contributed by atoms with E-state index in [2.05, 4.69) is 18.9 Å². The Morgan fingerprint density at radius 2 is 1.92 bits per heavy atom. The average Bonchev–Trinajstić information content (AvgIpc) is 2.66. The number of amides is 1. The summed E-state index contributed by atoms with van der Waals surface area (Å²) in [5, 5.41) is 0. The number of likely N-dealkylation sites (tertiary alicyclic amines) is 1. The van der Waals surface area contributed by atoms with Crippen LogP contribution >= 0.6 is 0 Å². The van der Waals surface area contributed by atoms with Crippen LogP contribution in [0.4, 0.5) is 0 Å². The van der Waals surface area contributed by atoms with Gasteiger partial charge in [0, 0.05) is 25.7 Å². The summed E-state index contributed by atoms with van der Waals surface area (Å²) in [5.41, 5.74) is 7.37. The van der Waals surface area contributed by atoms with Crippen LogP contribution in [0.3, 0.4) is 0 Å². The molecular formula is C21H35N3O. The van der Waals surface area contributed by atoms with E-state index in [9.17, 15) is 4.79 Å². The zero-order chi connectivity index (χ0) is 18.2. The minimum absolute atomic E-state index is 0.175. The lowest BCUT2D eigenvalue weighted by Gasteiger charge is -2.36. The van der Waals surface area contributed by atoms with Gasteiger partial charge in [-0.2, -0.15) is 0 Å². The van der Waals surface area contributed by atoms with Gasteiger partial charge < -0.3 is 15.5 Å². The third-order valence-electron chi connectivity index (χ3n) is 5.50. The van der Waals surface area contributed by atoms with E-state index in [4.69, 9.17) is 5.73 Å². The van der Waals surface area contributed by atoms with Crippen molar-refractivity contribution < 1.29 is 4.79 Å². The zero-order valence-electron chi connectivity index (χ0n) is 16.2. The highest BCUT2D eigenvalue weighted by Crippen LogP contribution is 2.24. The molecule has 2 rings (SSSR count). The van der Waals surface area contributed by atoms with Gasteiger partial charge in [0.25, 0.3) is 0 Å². The van der Waals surface area contributed by atoms with Crippen molar-refractivity contribution in [2.45, 2.75) is 45.6 Å². The van der Waals surface area contributed by atoms with Crippen LogP contribution < -0.4 is 5.73 Å². The Hall–Kier alpha value is -1.39. The number of benzene rings is 1. The fraction of sp³-hybridized carbons (Fsp3) is 0.667. The van der Waals surface area contributed by atoms with Crippen molar-refractivity contribution in [1.82, 2.24) is 9.80 Å². The van der Waals surface area contributed by atoms with Gasteiger partial charge in [-0.1, -0.05) is 50.6 Å². The summed E-state index contributed by atoms with van der Waals surface area (Å²) in [5.74, 6) is 0.740. The van der Waals surface area contributed by atoms with E-state index in [1.54, 1.807) is 0 Å². The molecule has 0 spiro atoms. The van der Waals surface area contributed by atoms with Crippen molar-refractivity contribution >= 4 is 5.91 Å². The molecule has 1 saturated heterocycles. The molecule has 1 heterocycles. The Balaban J connectivity index is 1.80. The predicted octanol–water partition coefficient (Wildman–Crippen LogP) is 3.29. The summed E-state index contributed by atoms with van der Waals surface area (Å²) in [4.78, 5) is 17.3. The Morgan fingerprint density at radius 1 is 1.28 bits per heavy atom. The van der Waals surface area contributed by atoms with E-state index < -0.39 is 0 Å². The molecule has 25 heavy (non-hydrogen) atoms. The second-order valence-electron chi connectivity index (χ2n) is 7.61. The second-order valence-corrected chi connectivity index (χ2v) is 7.61. The van der Waals surface area contributed by atoms with E-state index in [-0.39, 0.29) is 17.9 Å². The smallest absolute Gasteiger partial charge is 0.227 e. The van der Waals surface area contributed by atoms with Gasteiger partial charge in [0.1, 0.15) is 0 Å². The molecule has 0 saturated carbocycles. The van der Waals surface area contributed by atoms with E-state index in [0.717, 1.165) is 38.0 Å². The maximum atomic E-state index is 12.8. The maximum absolute atomic E-state index is 12.8. The van der Waals surface area contributed by atoms with Crippen LogP contribution in [0.1, 0.15) is 51.1 Å². The first-order valence-electron chi connectivity index (χ1n) is 9.80. The van der Waals surface area contributed by atoms with Gasteiger partial charge in [-0.15, -0.1) is 0 Å². The molecule has 0 bridgehead atoms. The molecule has 2 atom stereocenters. The number of carbonyl (C=O) groups is 1. The summed E-state index contributed by atoms with van der Waals surface area (Å²) in [6, 6.07) is 9.72. The quantitative estimate of drug-likeness (QED) is 0.786. The lowest BCUT2D eigenvalue weighted by molar-refractivity contribution is -0.137. The number of nitrogens with zero attached hydrogens (tertiary/aromatic N) is 2. The summed E-state index contributed by atoms with van der Waals surface area (Å²) >= 11 is 0.